The van der Waals surface area contributed by atoms with E-state index in [-0.39, 0.29) is 5.91 Å². The number of hydrogen-bond donors (Lipinski definition) is 1. The van der Waals surface area contributed by atoms with E-state index >= 15 is 0 Å². The quantitative estimate of drug-likeness (QED) is 0.792. The zero-order valence-corrected chi connectivity index (χ0v) is 14.0. The van der Waals surface area contributed by atoms with Crippen LogP contribution in [0.3, 0.4) is 0 Å². The third-order valence-corrected chi connectivity index (χ3v) is 4.38. The highest BCUT2D eigenvalue weighted by atomic mass is 32.2. The molecule has 2 heterocycles. The van der Waals surface area contributed by atoms with Crippen molar-refractivity contribution in [3.63, 3.8) is 0 Å². The Morgan fingerprint density at radius 1 is 1.48 bits per heavy atom. The first-order valence-electron chi connectivity index (χ1n) is 6.87. The van der Waals surface area contributed by atoms with Crippen LogP contribution in [-0.2, 0) is 11.3 Å². The van der Waals surface area contributed by atoms with E-state index in [9.17, 15) is 4.79 Å². The molecule has 0 aliphatic carbocycles. The minimum absolute atomic E-state index is 0.0768. The van der Waals surface area contributed by atoms with Gasteiger partial charge in [-0.25, -0.2) is 4.98 Å². The molecule has 2 rings (SSSR count). The number of amides is 1. The fourth-order valence-corrected chi connectivity index (χ4v) is 3.15. The SMILES string of the molecule is CCCn1c(SCC(=O)Nc2nccs2)nnc1C(C)C. The molecule has 0 atom stereocenters. The smallest absolute Gasteiger partial charge is 0.236 e. The van der Waals surface area contributed by atoms with Crippen LogP contribution in [0.5, 0.6) is 0 Å². The van der Waals surface area contributed by atoms with Gasteiger partial charge in [-0.2, -0.15) is 0 Å². The second-order valence-electron chi connectivity index (χ2n) is 4.82. The molecule has 2 aromatic heterocycles. The average molecular weight is 325 g/mol. The standard InChI is InChI=1S/C13H19N5OS2/c1-4-6-18-11(9(2)3)16-17-13(18)21-8-10(19)15-12-14-5-7-20-12/h5,7,9H,4,6,8H2,1-3H3,(H,14,15,19). The van der Waals surface area contributed by atoms with Gasteiger partial charge in [0.2, 0.25) is 5.91 Å². The van der Waals surface area contributed by atoms with Crippen LogP contribution in [0.1, 0.15) is 38.9 Å². The summed E-state index contributed by atoms with van der Waals surface area (Å²) >= 11 is 2.82. The molecule has 6 nitrogen and oxygen atoms in total. The molecule has 0 aromatic carbocycles. The van der Waals surface area contributed by atoms with Crippen molar-refractivity contribution < 1.29 is 4.79 Å². The molecular weight excluding hydrogens is 306 g/mol. The molecule has 2 aromatic rings. The average Bonchev–Trinajstić information content (AvgIpc) is 3.06. The van der Waals surface area contributed by atoms with E-state index in [0.717, 1.165) is 23.9 Å². The van der Waals surface area contributed by atoms with E-state index in [0.29, 0.717) is 16.8 Å². The summed E-state index contributed by atoms with van der Waals surface area (Å²) in [5.41, 5.74) is 0. The molecule has 0 saturated heterocycles. The molecule has 1 amide bonds. The summed E-state index contributed by atoms with van der Waals surface area (Å²) in [6.07, 6.45) is 2.68. The lowest BCUT2D eigenvalue weighted by Gasteiger charge is -2.10. The highest BCUT2D eigenvalue weighted by Gasteiger charge is 2.16. The van der Waals surface area contributed by atoms with Gasteiger partial charge in [0.25, 0.3) is 0 Å². The number of anilines is 1. The van der Waals surface area contributed by atoms with Gasteiger partial charge in [-0.15, -0.1) is 21.5 Å². The van der Waals surface area contributed by atoms with Crippen molar-refractivity contribution in [3.05, 3.63) is 17.4 Å². The molecule has 0 aliphatic rings. The van der Waals surface area contributed by atoms with E-state index in [1.807, 2.05) is 5.38 Å². The summed E-state index contributed by atoms with van der Waals surface area (Å²) in [5, 5.41) is 14.5. The first-order valence-corrected chi connectivity index (χ1v) is 8.73. The molecule has 0 aliphatic heterocycles. The molecule has 114 valence electrons. The predicted molar refractivity (Wildman–Crippen MR) is 85.9 cm³/mol. The summed E-state index contributed by atoms with van der Waals surface area (Å²) in [5.74, 6) is 1.52. The van der Waals surface area contributed by atoms with Gasteiger partial charge >= 0.3 is 0 Å². The van der Waals surface area contributed by atoms with Crippen LogP contribution in [0.25, 0.3) is 0 Å². The number of thioether (sulfide) groups is 1. The predicted octanol–water partition coefficient (Wildman–Crippen LogP) is 3.00. The van der Waals surface area contributed by atoms with Gasteiger partial charge in [-0.1, -0.05) is 32.5 Å². The monoisotopic (exact) mass is 325 g/mol. The molecule has 21 heavy (non-hydrogen) atoms. The van der Waals surface area contributed by atoms with Crippen LogP contribution in [0.15, 0.2) is 16.7 Å². The van der Waals surface area contributed by atoms with Crippen molar-refractivity contribution in [1.29, 1.82) is 0 Å². The van der Waals surface area contributed by atoms with E-state index in [1.54, 1.807) is 6.20 Å². The Hall–Kier alpha value is -1.41. The lowest BCUT2D eigenvalue weighted by Crippen LogP contribution is -2.14. The summed E-state index contributed by atoms with van der Waals surface area (Å²) in [6, 6.07) is 0. The van der Waals surface area contributed by atoms with E-state index in [2.05, 4.69) is 45.8 Å². The highest BCUT2D eigenvalue weighted by molar-refractivity contribution is 7.99. The molecule has 0 unspecified atom stereocenters. The van der Waals surface area contributed by atoms with Gasteiger partial charge in [0.05, 0.1) is 5.75 Å². The Morgan fingerprint density at radius 2 is 2.29 bits per heavy atom. The van der Waals surface area contributed by atoms with Crippen molar-refractivity contribution in [3.8, 4) is 0 Å². The van der Waals surface area contributed by atoms with E-state index < -0.39 is 0 Å². The Kier molecular flexibility index (Phi) is 5.75. The van der Waals surface area contributed by atoms with E-state index in [1.165, 1.54) is 23.1 Å². The first kappa shape index (κ1) is 16.0. The summed E-state index contributed by atoms with van der Waals surface area (Å²) in [4.78, 5) is 15.9. The number of nitrogens with zero attached hydrogens (tertiary/aromatic N) is 4. The zero-order chi connectivity index (χ0) is 15.2. The maximum Gasteiger partial charge on any atom is 0.236 e. The second-order valence-corrected chi connectivity index (χ2v) is 6.66. The van der Waals surface area contributed by atoms with Crippen LogP contribution in [0.4, 0.5) is 5.13 Å². The van der Waals surface area contributed by atoms with Gasteiger partial charge in [-0.3, -0.25) is 4.79 Å². The van der Waals surface area contributed by atoms with Crippen LogP contribution >= 0.6 is 23.1 Å². The van der Waals surface area contributed by atoms with Crippen LogP contribution in [0, 0.1) is 0 Å². The molecule has 0 radical (unpaired) electrons. The Labute approximate surface area is 132 Å². The maximum atomic E-state index is 11.9. The third kappa shape index (κ3) is 4.28. The fourth-order valence-electron chi connectivity index (χ4n) is 1.84. The Morgan fingerprint density at radius 3 is 2.90 bits per heavy atom. The van der Waals surface area contributed by atoms with Gasteiger partial charge in [0.15, 0.2) is 10.3 Å². The van der Waals surface area contributed by atoms with E-state index in [4.69, 9.17) is 0 Å². The zero-order valence-electron chi connectivity index (χ0n) is 12.4. The lowest BCUT2D eigenvalue weighted by atomic mass is 10.2. The fraction of sp³-hybridized carbons (Fsp3) is 0.538. The van der Waals surface area contributed by atoms with Gasteiger partial charge in [0, 0.05) is 24.0 Å². The van der Waals surface area contributed by atoms with Crippen molar-refractivity contribution in [1.82, 2.24) is 19.7 Å². The first-order chi connectivity index (χ1) is 10.1. The highest BCUT2D eigenvalue weighted by Crippen LogP contribution is 2.22. The number of thiazole rings is 1. The maximum absolute atomic E-state index is 11.9. The Balaban J connectivity index is 1.97. The largest absolute Gasteiger partial charge is 0.306 e. The molecule has 0 saturated carbocycles. The van der Waals surface area contributed by atoms with Crippen LogP contribution in [-0.4, -0.2) is 31.4 Å². The van der Waals surface area contributed by atoms with Gasteiger partial charge < -0.3 is 9.88 Å². The van der Waals surface area contributed by atoms with Crippen molar-refractivity contribution >= 4 is 34.1 Å². The Bertz CT molecular complexity index is 579. The second kappa shape index (κ2) is 7.56. The minimum atomic E-state index is -0.0768. The molecule has 1 N–H and O–H groups in total. The minimum Gasteiger partial charge on any atom is -0.306 e. The molecular formula is C13H19N5OS2. The van der Waals surface area contributed by atoms with Crippen LogP contribution < -0.4 is 5.32 Å². The number of nitrogens with one attached hydrogen (secondary N) is 1. The third-order valence-electron chi connectivity index (χ3n) is 2.72. The summed E-state index contributed by atoms with van der Waals surface area (Å²) in [7, 11) is 0. The summed E-state index contributed by atoms with van der Waals surface area (Å²) in [6.45, 7) is 7.18. The molecule has 0 spiro atoms. The van der Waals surface area contributed by atoms with Crippen LogP contribution in [0.2, 0.25) is 0 Å². The van der Waals surface area contributed by atoms with Crippen molar-refractivity contribution in [2.24, 2.45) is 0 Å². The summed E-state index contributed by atoms with van der Waals surface area (Å²) < 4.78 is 2.10. The number of carbonyl (C=O) groups is 1. The molecule has 0 fully saturated rings. The number of rotatable bonds is 7. The lowest BCUT2D eigenvalue weighted by molar-refractivity contribution is -0.113. The normalized spacial score (nSPS) is 11.0. The topological polar surface area (TPSA) is 72.7 Å². The van der Waals surface area contributed by atoms with Crippen molar-refractivity contribution in [2.75, 3.05) is 11.1 Å². The van der Waals surface area contributed by atoms with Gasteiger partial charge in [-0.05, 0) is 6.42 Å². The number of hydrogen-bond acceptors (Lipinski definition) is 6. The molecule has 8 heteroatoms. The van der Waals surface area contributed by atoms with Crippen molar-refractivity contribution in [2.45, 2.75) is 44.8 Å². The molecule has 0 bridgehead atoms. The number of carbonyl (C=O) groups excluding carboxylic acids is 1. The van der Waals surface area contributed by atoms with Gasteiger partial charge in [0.1, 0.15) is 5.82 Å². The number of aromatic nitrogens is 4.